The minimum atomic E-state index is 0.312. The highest BCUT2D eigenvalue weighted by Crippen LogP contribution is 2.24. The molecule has 0 aliphatic heterocycles. The molecule has 0 radical (unpaired) electrons. The van der Waals surface area contributed by atoms with Crippen molar-refractivity contribution in [3.8, 4) is 18.1 Å². The molecule has 1 aliphatic rings. The van der Waals surface area contributed by atoms with Gasteiger partial charge in [0.25, 0.3) is 0 Å². The summed E-state index contributed by atoms with van der Waals surface area (Å²) >= 11 is 0. The predicted octanol–water partition coefficient (Wildman–Crippen LogP) is 2.36. The topological polar surface area (TPSA) is 30.5 Å². The Morgan fingerprint density at radius 1 is 1.37 bits per heavy atom. The molecule has 1 aromatic rings. The van der Waals surface area contributed by atoms with Gasteiger partial charge in [0.2, 0.25) is 0 Å². The molecule has 0 atom stereocenters. The summed E-state index contributed by atoms with van der Waals surface area (Å²) < 4.78 is 11.1. The first-order chi connectivity index (χ1) is 9.33. The highest BCUT2D eigenvalue weighted by molar-refractivity contribution is 5.33. The molecule has 1 aromatic carbocycles. The van der Waals surface area contributed by atoms with E-state index in [0.29, 0.717) is 18.8 Å². The maximum atomic E-state index is 5.55. The van der Waals surface area contributed by atoms with Gasteiger partial charge in [0.15, 0.2) is 0 Å². The molecule has 0 spiro atoms. The standard InChI is InChI=1S/C16H21NO2/c1-3-9-19-16-8-6-5-7-13(16)12-17-14-10-15(11-14)18-4-2/h1,5-8,14-15,17H,4,9-12H2,2H3. The summed E-state index contributed by atoms with van der Waals surface area (Å²) in [5.74, 6) is 3.36. The van der Waals surface area contributed by atoms with Crippen molar-refractivity contribution < 1.29 is 9.47 Å². The molecule has 1 fully saturated rings. The summed E-state index contributed by atoms with van der Waals surface area (Å²) in [7, 11) is 0. The molecule has 3 nitrogen and oxygen atoms in total. The Morgan fingerprint density at radius 3 is 2.89 bits per heavy atom. The van der Waals surface area contributed by atoms with Crippen LogP contribution in [0.1, 0.15) is 25.3 Å². The smallest absolute Gasteiger partial charge is 0.148 e. The van der Waals surface area contributed by atoms with Gasteiger partial charge in [-0.15, -0.1) is 6.42 Å². The average Bonchev–Trinajstić information content (AvgIpc) is 2.40. The Kier molecular flexibility index (Phi) is 5.26. The van der Waals surface area contributed by atoms with Crippen LogP contribution in [0.5, 0.6) is 5.75 Å². The molecule has 2 rings (SSSR count). The van der Waals surface area contributed by atoms with Gasteiger partial charge in [-0.3, -0.25) is 0 Å². The quantitative estimate of drug-likeness (QED) is 0.763. The van der Waals surface area contributed by atoms with Crippen LogP contribution in [0.2, 0.25) is 0 Å². The fraction of sp³-hybridized carbons (Fsp3) is 0.500. The Labute approximate surface area is 115 Å². The van der Waals surface area contributed by atoms with E-state index in [1.165, 1.54) is 0 Å². The number of para-hydroxylation sites is 1. The summed E-state index contributed by atoms with van der Waals surface area (Å²) in [5.41, 5.74) is 1.15. The minimum Gasteiger partial charge on any atom is -0.481 e. The van der Waals surface area contributed by atoms with E-state index in [1.807, 2.05) is 25.1 Å². The van der Waals surface area contributed by atoms with Crippen molar-refractivity contribution in [2.45, 2.75) is 38.5 Å². The minimum absolute atomic E-state index is 0.312. The molecule has 1 N–H and O–H groups in total. The average molecular weight is 259 g/mol. The van der Waals surface area contributed by atoms with Gasteiger partial charge in [0.05, 0.1) is 6.10 Å². The molecule has 0 heterocycles. The maximum absolute atomic E-state index is 5.55. The number of hydrogen-bond donors (Lipinski definition) is 1. The Balaban J connectivity index is 1.78. The van der Waals surface area contributed by atoms with Crippen LogP contribution < -0.4 is 10.1 Å². The van der Waals surface area contributed by atoms with Crippen molar-refractivity contribution in [1.82, 2.24) is 5.32 Å². The van der Waals surface area contributed by atoms with Gasteiger partial charge in [-0.25, -0.2) is 0 Å². The van der Waals surface area contributed by atoms with Gasteiger partial charge in [0, 0.05) is 24.8 Å². The van der Waals surface area contributed by atoms with Gasteiger partial charge in [0.1, 0.15) is 12.4 Å². The molecule has 0 unspecified atom stereocenters. The molecular formula is C16H21NO2. The third-order valence-electron chi connectivity index (χ3n) is 3.36. The van der Waals surface area contributed by atoms with Gasteiger partial charge < -0.3 is 14.8 Å². The number of ether oxygens (including phenoxy) is 2. The van der Waals surface area contributed by atoms with Crippen molar-refractivity contribution in [1.29, 1.82) is 0 Å². The zero-order valence-electron chi connectivity index (χ0n) is 11.4. The first-order valence-corrected chi connectivity index (χ1v) is 6.82. The van der Waals surface area contributed by atoms with E-state index in [1.54, 1.807) is 0 Å². The van der Waals surface area contributed by atoms with Crippen molar-refractivity contribution in [2.75, 3.05) is 13.2 Å². The van der Waals surface area contributed by atoms with Crippen molar-refractivity contribution in [3.05, 3.63) is 29.8 Å². The Morgan fingerprint density at radius 2 is 2.16 bits per heavy atom. The summed E-state index contributed by atoms with van der Waals surface area (Å²) in [6.07, 6.45) is 7.86. The van der Waals surface area contributed by atoms with Gasteiger partial charge in [-0.05, 0) is 25.8 Å². The molecule has 1 saturated carbocycles. The van der Waals surface area contributed by atoms with Gasteiger partial charge in [-0.1, -0.05) is 24.1 Å². The van der Waals surface area contributed by atoms with Crippen LogP contribution >= 0.6 is 0 Å². The SMILES string of the molecule is C#CCOc1ccccc1CNC1CC(OCC)C1. The van der Waals surface area contributed by atoms with Crippen LogP contribution in [-0.2, 0) is 11.3 Å². The third-order valence-corrected chi connectivity index (χ3v) is 3.36. The largest absolute Gasteiger partial charge is 0.481 e. The fourth-order valence-electron chi connectivity index (χ4n) is 2.27. The lowest BCUT2D eigenvalue weighted by atomic mass is 9.89. The number of hydrogen-bond acceptors (Lipinski definition) is 3. The second kappa shape index (κ2) is 7.18. The van der Waals surface area contributed by atoms with Crippen molar-refractivity contribution in [3.63, 3.8) is 0 Å². The van der Waals surface area contributed by atoms with Crippen LogP contribution in [-0.4, -0.2) is 25.4 Å². The third kappa shape index (κ3) is 3.99. The summed E-state index contributed by atoms with van der Waals surface area (Å²) in [6.45, 7) is 3.97. The zero-order valence-corrected chi connectivity index (χ0v) is 11.4. The first-order valence-electron chi connectivity index (χ1n) is 6.82. The molecule has 0 saturated heterocycles. The molecule has 19 heavy (non-hydrogen) atoms. The number of nitrogens with one attached hydrogen (secondary N) is 1. The monoisotopic (exact) mass is 259 g/mol. The Hall–Kier alpha value is -1.50. The lowest BCUT2D eigenvalue weighted by Crippen LogP contribution is -2.45. The summed E-state index contributed by atoms with van der Waals surface area (Å²) in [4.78, 5) is 0. The van der Waals surface area contributed by atoms with E-state index in [9.17, 15) is 0 Å². The number of benzene rings is 1. The number of rotatable bonds is 7. The van der Waals surface area contributed by atoms with E-state index in [4.69, 9.17) is 15.9 Å². The van der Waals surface area contributed by atoms with E-state index in [-0.39, 0.29) is 0 Å². The van der Waals surface area contributed by atoms with Crippen LogP contribution in [0.4, 0.5) is 0 Å². The molecular weight excluding hydrogens is 238 g/mol. The predicted molar refractivity (Wildman–Crippen MR) is 76.0 cm³/mol. The molecule has 0 bridgehead atoms. The van der Waals surface area contributed by atoms with Crippen LogP contribution in [0.15, 0.2) is 24.3 Å². The summed E-state index contributed by atoms with van der Waals surface area (Å²) in [5, 5.41) is 3.53. The molecule has 1 aliphatic carbocycles. The van der Waals surface area contributed by atoms with Crippen LogP contribution in [0.25, 0.3) is 0 Å². The fourth-order valence-corrected chi connectivity index (χ4v) is 2.27. The highest BCUT2D eigenvalue weighted by Gasteiger charge is 2.28. The molecule has 0 aromatic heterocycles. The van der Waals surface area contributed by atoms with E-state index < -0.39 is 0 Å². The second-order valence-corrected chi connectivity index (χ2v) is 4.73. The molecule has 102 valence electrons. The van der Waals surface area contributed by atoms with Crippen LogP contribution in [0.3, 0.4) is 0 Å². The normalized spacial score (nSPS) is 21.5. The van der Waals surface area contributed by atoms with Crippen molar-refractivity contribution in [2.24, 2.45) is 0 Å². The second-order valence-electron chi connectivity index (χ2n) is 4.73. The van der Waals surface area contributed by atoms with E-state index in [0.717, 1.165) is 37.3 Å². The molecule has 3 heteroatoms. The summed E-state index contributed by atoms with van der Waals surface area (Å²) in [6, 6.07) is 8.56. The van der Waals surface area contributed by atoms with Gasteiger partial charge >= 0.3 is 0 Å². The first kappa shape index (κ1) is 13.9. The highest BCUT2D eigenvalue weighted by atomic mass is 16.5. The molecule has 0 amide bonds. The number of terminal acetylenes is 1. The zero-order chi connectivity index (χ0) is 13.5. The van der Waals surface area contributed by atoms with E-state index in [2.05, 4.69) is 17.3 Å². The Bertz CT molecular complexity index is 433. The lowest BCUT2D eigenvalue weighted by molar-refractivity contribution is -0.0102. The maximum Gasteiger partial charge on any atom is 0.148 e. The van der Waals surface area contributed by atoms with E-state index >= 15 is 0 Å². The van der Waals surface area contributed by atoms with Gasteiger partial charge in [-0.2, -0.15) is 0 Å². The van der Waals surface area contributed by atoms with Crippen molar-refractivity contribution >= 4 is 0 Å². The lowest BCUT2D eigenvalue weighted by Gasteiger charge is -2.35. The van der Waals surface area contributed by atoms with Crippen LogP contribution in [0, 0.1) is 12.3 Å².